The molecule has 0 atom stereocenters. The Hall–Kier alpha value is -1.22. The Bertz CT molecular complexity index is 592. The number of halogens is 2. The Morgan fingerprint density at radius 2 is 2.04 bits per heavy atom. The second kappa shape index (κ2) is 12.2. The number of aryl methyl sites for hydroxylation is 1. The predicted molar refractivity (Wildman–Crippen MR) is 117 cm³/mol. The van der Waals surface area contributed by atoms with Gasteiger partial charge in [0.15, 0.2) is 5.96 Å². The maximum atomic E-state index is 11.5. The summed E-state index contributed by atoms with van der Waals surface area (Å²) in [5.74, 6) is 0.802. The molecular formula is C18H28ClIN4O2. The van der Waals surface area contributed by atoms with Crippen molar-refractivity contribution in [3.63, 3.8) is 0 Å². The van der Waals surface area contributed by atoms with E-state index in [-0.39, 0.29) is 30.1 Å². The van der Waals surface area contributed by atoms with Gasteiger partial charge in [-0.2, -0.15) is 0 Å². The molecule has 1 amide bonds. The van der Waals surface area contributed by atoms with Gasteiger partial charge in [-0.3, -0.25) is 4.99 Å². The van der Waals surface area contributed by atoms with Gasteiger partial charge in [-0.25, -0.2) is 4.79 Å². The first-order valence-corrected chi connectivity index (χ1v) is 9.05. The van der Waals surface area contributed by atoms with Crippen LogP contribution in [0.25, 0.3) is 0 Å². The lowest BCUT2D eigenvalue weighted by Gasteiger charge is -2.32. The molecule has 1 aliphatic rings. The van der Waals surface area contributed by atoms with Crippen molar-refractivity contribution >= 4 is 47.6 Å². The third-order valence-corrected chi connectivity index (χ3v) is 4.73. The highest BCUT2D eigenvalue weighted by atomic mass is 127. The van der Waals surface area contributed by atoms with Gasteiger partial charge in [-0.05, 0) is 37.3 Å². The van der Waals surface area contributed by atoms with Gasteiger partial charge in [-0.15, -0.1) is 24.0 Å². The lowest BCUT2D eigenvalue weighted by molar-refractivity contribution is 0.111. The minimum Gasteiger partial charge on any atom is -0.453 e. The third-order valence-electron chi connectivity index (χ3n) is 4.37. The topological polar surface area (TPSA) is 66.0 Å². The van der Waals surface area contributed by atoms with Crippen molar-refractivity contribution in [2.45, 2.75) is 31.7 Å². The molecule has 1 saturated heterocycles. The number of rotatable bonds is 5. The third kappa shape index (κ3) is 7.19. The number of benzene rings is 1. The van der Waals surface area contributed by atoms with Crippen molar-refractivity contribution in [1.82, 2.24) is 15.5 Å². The first kappa shape index (κ1) is 22.8. The zero-order valence-electron chi connectivity index (χ0n) is 15.3. The van der Waals surface area contributed by atoms with Gasteiger partial charge < -0.3 is 20.3 Å². The van der Waals surface area contributed by atoms with Crippen LogP contribution < -0.4 is 10.6 Å². The van der Waals surface area contributed by atoms with Crippen LogP contribution in [0.2, 0.25) is 5.02 Å². The number of carbonyl (C=O) groups is 1. The van der Waals surface area contributed by atoms with Crippen LogP contribution in [0.15, 0.2) is 29.3 Å². The van der Waals surface area contributed by atoms with Crippen LogP contribution in [0.3, 0.4) is 0 Å². The summed E-state index contributed by atoms with van der Waals surface area (Å²) in [7, 11) is 3.19. The van der Waals surface area contributed by atoms with Crippen LogP contribution in [0.5, 0.6) is 0 Å². The van der Waals surface area contributed by atoms with E-state index in [1.807, 2.05) is 18.2 Å². The van der Waals surface area contributed by atoms with Gasteiger partial charge in [0.1, 0.15) is 0 Å². The fourth-order valence-corrected chi connectivity index (χ4v) is 3.14. The normalized spacial score (nSPS) is 15.2. The van der Waals surface area contributed by atoms with E-state index in [4.69, 9.17) is 16.3 Å². The van der Waals surface area contributed by atoms with Gasteiger partial charge in [0.2, 0.25) is 0 Å². The van der Waals surface area contributed by atoms with Gasteiger partial charge in [0, 0.05) is 37.7 Å². The summed E-state index contributed by atoms with van der Waals surface area (Å²) in [6, 6.07) is 8.25. The molecule has 1 aromatic carbocycles. The number of carbonyl (C=O) groups excluding carboxylic acids is 1. The zero-order chi connectivity index (χ0) is 18.1. The van der Waals surface area contributed by atoms with E-state index in [2.05, 4.69) is 21.7 Å². The number of likely N-dealkylation sites (tertiary alicyclic amines) is 1. The van der Waals surface area contributed by atoms with E-state index < -0.39 is 0 Å². The van der Waals surface area contributed by atoms with Crippen LogP contribution in [0.1, 0.15) is 24.8 Å². The molecular weight excluding hydrogens is 467 g/mol. The Labute approximate surface area is 177 Å². The molecule has 2 rings (SSSR count). The summed E-state index contributed by atoms with van der Waals surface area (Å²) in [6.07, 6.45) is 3.43. The smallest absolute Gasteiger partial charge is 0.409 e. The average Bonchev–Trinajstić information content (AvgIpc) is 2.65. The molecule has 146 valence electrons. The molecule has 1 aromatic rings. The highest BCUT2D eigenvalue weighted by molar-refractivity contribution is 14.0. The number of hydrogen-bond acceptors (Lipinski definition) is 3. The van der Waals surface area contributed by atoms with Crippen LogP contribution in [0, 0.1) is 0 Å². The Balaban J connectivity index is 0.00000338. The van der Waals surface area contributed by atoms with Crippen LogP contribution in [-0.4, -0.2) is 56.8 Å². The average molecular weight is 495 g/mol. The molecule has 8 heteroatoms. The zero-order valence-corrected chi connectivity index (χ0v) is 18.4. The second-order valence-electron chi connectivity index (χ2n) is 6.07. The van der Waals surface area contributed by atoms with Gasteiger partial charge in [-0.1, -0.05) is 29.8 Å². The molecule has 0 unspecified atom stereocenters. The summed E-state index contributed by atoms with van der Waals surface area (Å²) in [4.78, 5) is 17.5. The summed E-state index contributed by atoms with van der Waals surface area (Å²) < 4.78 is 4.76. The summed E-state index contributed by atoms with van der Waals surface area (Å²) in [5.41, 5.74) is 1.17. The van der Waals surface area contributed by atoms with E-state index in [0.29, 0.717) is 19.1 Å². The number of amides is 1. The maximum absolute atomic E-state index is 11.5. The molecule has 2 N–H and O–H groups in total. The number of guanidine groups is 1. The van der Waals surface area contributed by atoms with E-state index >= 15 is 0 Å². The highest BCUT2D eigenvalue weighted by Gasteiger charge is 2.23. The summed E-state index contributed by atoms with van der Waals surface area (Å²) in [6.45, 7) is 2.23. The molecule has 0 radical (unpaired) electrons. The molecule has 1 fully saturated rings. The van der Waals surface area contributed by atoms with Crippen molar-refractivity contribution in [2.24, 2.45) is 4.99 Å². The summed E-state index contributed by atoms with van der Waals surface area (Å²) >= 11 is 6.17. The standard InChI is InChI=1S/C18H27ClN4O2.HI/c1-20-17(21-11-5-7-14-6-3-4-8-16(14)19)22-15-9-12-23(13-10-15)18(24)25-2;/h3-4,6,8,15H,5,7,9-13H2,1-2H3,(H2,20,21,22);1H. The fourth-order valence-electron chi connectivity index (χ4n) is 2.91. The first-order valence-electron chi connectivity index (χ1n) is 8.67. The first-order chi connectivity index (χ1) is 12.1. The fraction of sp³-hybridized carbons (Fsp3) is 0.556. The molecule has 0 saturated carbocycles. The van der Waals surface area contributed by atoms with Crippen molar-refractivity contribution < 1.29 is 9.53 Å². The number of methoxy groups -OCH3 is 1. The summed E-state index contributed by atoms with van der Waals surface area (Å²) in [5, 5.41) is 7.59. The number of piperidine rings is 1. The number of ether oxygens (including phenoxy) is 1. The minimum absolute atomic E-state index is 0. The Kier molecular flexibility index (Phi) is 10.7. The monoisotopic (exact) mass is 494 g/mol. The number of nitrogens with zero attached hydrogens (tertiary/aromatic N) is 2. The largest absolute Gasteiger partial charge is 0.453 e. The molecule has 26 heavy (non-hydrogen) atoms. The van der Waals surface area contributed by atoms with E-state index in [0.717, 1.165) is 43.2 Å². The molecule has 1 aliphatic heterocycles. The van der Waals surface area contributed by atoms with Crippen molar-refractivity contribution in [2.75, 3.05) is 33.8 Å². The van der Waals surface area contributed by atoms with Crippen molar-refractivity contribution in [3.8, 4) is 0 Å². The molecule has 0 bridgehead atoms. The lowest BCUT2D eigenvalue weighted by Crippen LogP contribution is -2.49. The molecule has 6 nitrogen and oxygen atoms in total. The van der Waals surface area contributed by atoms with E-state index in [1.54, 1.807) is 11.9 Å². The van der Waals surface area contributed by atoms with Crippen molar-refractivity contribution in [3.05, 3.63) is 34.9 Å². The maximum Gasteiger partial charge on any atom is 0.409 e. The quantitative estimate of drug-likeness (QED) is 0.285. The van der Waals surface area contributed by atoms with Gasteiger partial charge in [0.25, 0.3) is 0 Å². The molecule has 1 heterocycles. The van der Waals surface area contributed by atoms with Gasteiger partial charge >= 0.3 is 6.09 Å². The highest BCUT2D eigenvalue weighted by Crippen LogP contribution is 2.16. The Morgan fingerprint density at radius 1 is 1.35 bits per heavy atom. The molecule has 0 aliphatic carbocycles. The van der Waals surface area contributed by atoms with Crippen LogP contribution in [-0.2, 0) is 11.2 Å². The number of hydrogen-bond donors (Lipinski definition) is 2. The van der Waals surface area contributed by atoms with Crippen LogP contribution in [0.4, 0.5) is 4.79 Å². The minimum atomic E-state index is -0.250. The molecule has 0 aromatic heterocycles. The number of nitrogens with one attached hydrogen (secondary N) is 2. The van der Waals surface area contributed by atoms with E-state index in [9.17, 15) is 4.79 Å². The van der Waals surface area contributed by atoms with Gasteiger partial charge in [0.05, 0.1) is 7.11 Å². The Morgan fingerprint density at radius 3 is 2.65 bits per heavy atom. The van der Waals surface area contributed by atoms with E-state index in [1.165, 1.54) is 12.7 Å². The lowest BCUT2D eigenvalue weighted by atomic mass is 10.1. The van der Waals surface area contributed by atoms with Crippen molar-refractivity contribution in [1.29, 1.82) is 0 Å². The molecule has 0 spiro atoms. The number of aliphatic imine (C=N–C) groups is 1. The SMILES string of the molecule is CN=C(NCCCc1ccccc1Cl)NC1CCN(C(=O)OC)CC1.I. The predicted octanol–water partition coefficient (Wildman–Crippen LogP) is 3.29. The second-order valence-corrected chi connectivity index (χ2v) is 6.48. The van der Waals surface area contributed by atoms with Crippen LogP contribution >= 0.6 is 35.6 Å².